The Morgan fingerprint density at radius 1 is 1.25 bits per heavy atom. The molecule has 2 saturated carbocycles. The van der Waals surface area contributed by atoms with E-state index < -0.39 is 0 Å². The molecule has 5 heteroatoms. The molecule has 20 heavy (non-hydrogen) atoms. The van der Waals surface area contributed by atoms with Crippen LogP contribution in [0.2, 0.25) is 5.02 Å². The van der Waals surface area contributed by atoms with Crippen LogP contribution in [0.3, 0.4) is 0 Å². The van der Waals surface area contributed by atoms with Crippen molar-refractivity contribution in [2.24, 2.45) is 11.8 Å². The van der Waals surface area contributed by atoms with Gasteiger partial charge in [0, 0.05) is 11.6 Å². The molecule has 2 N–H and O–H groups in total. The third-order valence-corrected chi connectivity index (χ3v) is 5.06. The monoisotopic (exact) mass is 289 g/mol. The Morgan fingerprint density at radius 3 is 2.90 bits per heavy atom. The second kappa shape index (κ2) is 4.48. The summed E-state index contributed by atoms with van der Waals surface area (Å²) in [6, 6.07) is 5.30. The molecule has 3 atom stereocenters. The van der Waals surface area contributed by atoms with Gasteiger partial charge in [-0.1, -0.05) is 23.2 Å². The molecule has 104 valence electrons. The van der Waals surface area contributed by atoms with E-state index in [0.29, 0.717) is 28.1 Å². The van der Waals surface area contributed by atoms with Gasteiger partial charge in [0.15, 0.2) is 5.82 Å². The van der Waals surface area contributed by atoms with Crippen LogP contribution < -0.4 is 5.73 Å². The summed E-state index contributed by atoms with van der Waals surface area (Å²) in [5.41, 5.74) is 7.15. The minimum atomic E-state index is 0.464. The van der Waals surface area contributed by atoms with Gasteiger partial charge in [0.25, 0.3) is 5.89 Å². The van der Waals surface area contributed by atoms with Gasteiger partial charge >= 0.3 is 0 Å². The number of nitrogen functional groups attached to an aromatic ring is 1. The summed E-state index contributed by atoms with van der Waals surface area (Å²) in [5, 5.41) is 4.76. The van der Waals surface area contributed by atoms with E-state index in [9.17, 15) is 0 Å². The maximum absolute atomic E-state index is 6.18. The number of benzene rings is 1. The van der Waals surface area contributed by atoms with Crippen molar-refractivity contribution < 1.29 is 4.52 Å². The van der Waals surface area contributed by atoms with Crippen LogP contribution in [-0.4, -0.2) is 10.1 Å². The zero-order valence-electron chi connectivity index (χ0n) is 11.1. The fraction of sp³-hybridized carbons (Fsp3) is 0.467. The van der Waals surface area contributed by atoms with Crippen LogP contribution in [-0.2, 0) is 0 Å². The summed E-state index contributed by atoms with van der Waals surface area (Å²) < 4.78 is 5.41. The second-order valence-corrected chi connectivity index (χ2v) is 6.39. The summed E-state index contributed by atoms with van der Waals surface area (Å²) >= 11 is 6.18. The number of aromatic nitrogens is 2. The van der Waals surface area contributed by atoms with Gasteiger partial charge in [-0.2, -0.15) is 4.98 Å². The Bertz CT molecular complexity index is 654. The van der Waals surface area contributed by atoms with E-state index in [4.69, 9.17) is 21.9 Å². The minimum absolute atomic E-state index is 0.464. The molecule has 0 aliphatic heterocycles. The van der Waals surface area contributed by atoms with Crippen molar-refractivity contribution >= 4 is 17.3 Å². The maximum Gasteiger partial charge on any atom is 0.259 e. The molecule has 2 aliphatic carbocycles. The highest BCUT2D eigenvalue weighted by molar-refractivity contribution is 6.33. The maximum atomic E-state index is 6.18. The molecule has 1 heterocycles. The van der Waals surface area contributed by atoms with E-state index in [0.717, 1.165) is 17.7 Å². The molecule has 2 aliphatic rings. The SMILES string of the molecule is Nc1ccc(Cl)c(-c2nc(C3CC4CCC3C4)no2)c1. The molecular weight excluding hydrogens is 274 g/mol. The molecule has 0 saturated heterocycles. The second-order valence-electron chi connectivity index (χ2n) is 5.98. The number of hydrogen-bond acceptors (Lipinski definition) is 4. The smallest absolute Gasteiger partial charge is 0.259 e. The third kappa shape index (κ3) is 1.90. The Morgan fingerprint density at radius 2 is 2.15 bits per heavy atom. The highest BCUT2D eigenvalue weighted by Gasteiger charge is 2.42. The van der Waals surface area contributed by atoms with Crippen LogP contribution in [0.15, 0.2) is 22.7 Å². The van der Waals surface area contributed by atoms with Gasteiger partial charge in [0.2, 0.25) is 0 Å². The Kier molecular flexibility index (Phi) is 2.74. The Hall–Kier alpha value is -1.55. The Balaban J connectivity index is 1.66. The van der Waals surface area contributed by atoms with Crippen molar-refractivity contribution in [1.29, 1.82) is 0 Å². The van der Waals surface area contributed by atoms with E-state index in [1.54, 1.807) is 18.2 Å². The number of fused-ring (bicyclic) bond motifs is 2. The molecule has 0 spiro atoms. The molecule has 2 fully saturated rings. The van der Waals surface area contributed by atoms with E-state index in [2.05, 4.69) is 10.1 Å². The van der Waals surface area contributed by atoms with Gasteiger partial charge in [-0.05, 0) is 49.3 Å². The molecule has 2 bridgehead atoms. The quantitative estimate of drug-likeness (QED) is 0.852. The van der Waals surface area contributed by atoms with Crippen LogP contribution >= 0.6 is 11.6 Å². The van der Waals surface area contributed by atoms with E-state index in [1.807, 2.05) is 0 Å². The molecule has 1 aromatic carbocycles. The summed E-state index contributed by atoms with van der Waals surface area (Å²) in [6.07, 6.45) is 5.20. The molecule has 0 radical (unpaired) electrons. The van der Waals surface area contributed by atoms with Gasteiger partial charge in [0.1, 0.15) is 0 Å². The Labute approximate surface area is 122 Å². The van der Waals surface area contributed by atoms with Crippen molar-refractivity contribution in [2.45, 2.75) is 31.6 Å². The van der Waals surface area contributed by atoms with Gasteiger partial charge in [-0.3, -0.25) is 0 Å². The number of halogens is 1. The van der Waals surface area contributed by atoms with E-state index in [-0.39, 0.29) is 0 Å². The van der Waals surface area contributed by atoms with Crippen LogP contribution in [0.4, 0.5) is 5.69 Å². The molecule has 4 nitrogen and oxygen atoms in total. The van der Waals surface area contributed by atoms with Gasteiger partial charge in [-0.15, -0.1) is 0 Å². The lowest BCUT2D eigenvalue weighted by atomic mass is 9.88. The number of nitrogens with two attached hydrogens (primary N) is 1. The van der Waals surface area contributed by atoms with Crippen molar-refractivity contribution in [2.75, 3.05) is 5.73 Å². The van der Waals surface area contributed by atoms with Crippen molar-refractivity contribution in [3.05, 3.63) is 29.0 Å². The first-order valence-corrected chi connectivity index (χ1v) is 7.47. The highest BCUT2D eigenvalue weighted by atomic mass is 35.5. The van der Waals surface area contributed by atoms with Gasteiger partial charge < -0.3 is 10.3 Å². The summed E-state index contributed by atoms with van der Waals surface area (Å²) in [4.78, 5) is 4.57. The molecule has 1 aromatic heterocycles. The lowest BCUT2D eigenvalue weighted by molar-refractivity contribution is 0.372. The first kappa shape index (κ1) is 12.2. The molecule has 4 rings (SSSR count). The summed E-state index contributed by atoms with van der Waals surface area (Å²) in [5.74, 6) is 3.38. The number of anilines is 1. The van der Waals surface area contributed by atoms with Crippen LogP contribution in [0.5, 0.6) is 0 Å². The molecule has 3 unspecified atom stereocenters. The first-order chi connectivity index (χ1) is 9.70. The topological polar surface area (TPSA) is 64.9 Å². The van der Waals surface area contributed by atoms with Crippen molar-refractivity contribution in [1.82, 2.24) is 10.1 Å². The molecule has 2 aromatic rings. The van der Waals surface area contributed by atoms with Crippen LogP contribution in [0.1, 0.15) is 37.4 Å². The molecular formula is C15H16ClN3O. The van der Waals surface area contributed by atoms with Crippen LogP contribution in [0, 0.1) is 11.8 Å². The largest absolute Gasteiger partial charge is 0.399 e. The molecule has 0 amide bonds. The normalized spacial score (nSPS) is 28.1. The predicted octanol–water partition coefficient (Wildman–Crippen LogP) is 3.88. The third-order valence-electron chi connectivity index (χ3n) is 4.73. The van der Waals surface area contributed by atoms with Gasteiger partial charge in [0.05, 0.1) is 10.6 Å². The summed E-state index contributed by atoms with van der Waals surface area (Å²) in [6.45, 7) is 0. The number of nitrogens with zero attached hydrogens (tertiary/aromatic N) is 2. The fourth-order valence-corrected chi connectivity index (χ4v) is 3.96. The van der Waals surface area contributed by atoms with E-state index in [1.165, 1.54) is 25.7 Å². The van der Waals surface area contributed by atoms with E-state index >= 15 is 0 Å². The summed E-state index contributed by atoms with van der Waals surface area (Å²) in [7, 11) is 0. The van der Waals surface area contributed by atoms with Crippen molar-refractivity contribution in [3.63, 3.8) is 0 Å². The standard InChI is InChI=1S/C15H16ClN3O/c16-13-4-3-10(17)7-12(13)15-18-14(19-20-15)11-6-8-1-2-9(11)5-8/h3-4,7-9,11H,1-2,5-6,17H2. The zero-order chi connectivity index (χ0) is 13.7. The van der Waals surface area contributed by atoms with Crippen molar-refractivity contribution in [3.8, 4) is 11.5 Å². The first-order valence-electron chi connectivity index (χ1n) is 7.09. The lowest BCUT2D eigenvalue weighted by Crippen LogP contribution is -2.09. The zero-order valence-corrected chi connectivity index (χ0v) is 11.8. The van der Waals surface area contributed by atoms with Gasteiger partial charge in [-0.25, -0.2) is 0 Å². The lowest BCUT2D eigenvalue weighted by Gasteiger charge is -2.17. The van der Waals surface area contributed by atoms with Crippen LogP contribution in [0.25, 0.3) is 11.5 Å². The highest BCUT2D eigenvalue weighted by Crippen LogP contribution is 2.52. The average Bonchev–Trinajstić information content (AvgIpc) is 3.15. The fourth-order valence-electron chi connectivity index (χ4n) is 3.76. The number of rotatable bonds is 2. The average molecular weight is 290 g/mol. The minimum Gasteiger partial charge on any atom is -0.399 e. The predicted molar refractivity (Wildman–Crippen MR) is 77.3 cm³/mol. The number of hydrogen-bond donors (Lipinski definition) is 1.